The van der Waals surface area contributed by atoms with E-state index in [9.17, 15) is 9.59 Å². The SMILES string of the molecule is O=C1CN(c2cc(Cl)ccc2Br)C(=O)C2(CCCC2)N1. The number of rotatable bonds is 1. The van der Waals surface area contributed by atoms with Crippen LogP contribution in [-0.4, -0.2) is 23.9 Å². The molecule has 20 heavy (non-hydrogen) atoms. The lowest BCUT2D eigenvalue weighted by atomic mass is 9.92. The molecule has 1 aromatic rings. The molecule has 106 valence electrons. The fourth-order valence-corrected chi connectivity index (χ4v) is 3.67. The Kier molecular flexibility index (Phi) is 3.50. The van der Waals surface area contributed by atoms with Crippen LogP contribution in [0.25, 0.3) is 0 Å². The van der Waals surface area contributed by atoms with Crippen molar-refractivity contribution in [3.8, 4) is 0 Å². The number of nitrogens with zero attached hydrogens (tertiary/aromatic N) is 1. The van der Waals surface area contributed by atoms with Gasteiger partial charge in [-0.15, -0.1) is 0 Å². The third kappa shape index (κ3) is 2.23. The van der Waals surface area contributed by atoms with Gasteiger partial charge in [-0.1, -0.05) is 24.4 Å². The number of amides is 2. The van der Waals surface area contributed by atoms with Crippen molar-refractivity contribution in [2.75, 3.05) is 11.4 Å². The zero-order valence-electron chi connectivity index (χ0n) is 10.8. The minimum Gasteiger partial charge on any atom is -0.340 e. The number of hydrogen-bond acceptors (Lipinski definition) is 2. The van der Waals surface area contributed by atoms with Crippen molar-refractivity contribution < 1.29 is 9.59 Å². The maximum atomic E-state index is 12.8. The summed E-state index contributed by atoms with van der Waals surface area (Å²) in [4.78, 5) is 26.3. The normalized spacial score (nSPS) is 21.4. The summed E-state index contributed by atoms with van der Waals surface area (Å²) >= 11 is 9.44. The van der Waals surface area contributed by atoms with Gasteiger partial charge in [0.2, 0.25) is 5.91 Å². The summed E-state index contributed by atoms with van der Waals surface area (Å²) < 4.78 is 0.762. The van der Waals surface area contributed by atoms with Crippen molar-refractivity contribution in [1.82, 2.24) is 5.32 Å². The first-order chi connectivity index (χ1) is 9.52. The van der Waals surface area contributed by atoms with E-state index < -0.39 is 5.54 Å². The zero-order valence-corrected chi connectivity index (χ0v) is 13.1. The van der Waals surface area contributed by atoms with Gasteiger partial charge in [0.05, 0.1) is 5.69 Å². The zero-order chi connectivity index (χ0) is 14.3. The Morgan fingerprint density at radius 1 is 1.25 bits per heavy atom. The predicted molar refractivity (Wildman–Crippen MR) is 80.8 cm³/mol. The number of carbonyl (C=O) groups excluding carboxylic acids is 2. The lowest BCUT2D eigenvalue weighted by Crippen LogP contribution is -2.65. The van der Waals surface area contributed by atoms with Crippen LogP contribution in [0.1, 0.15) is 25.7 Å². The first-order valence-corrected chi connectivity index (χ1v) is 7.77. The second kappa shape index (κ2) is 5.04. The van der Waals surface area contributed by atoms with Gasteiger partial charge in [-0.05, 0) is 47.0 Å². The van der Waals surface area contributed by atoms with Crippen LogP contribution in [0.2, 0.25) is 5.02 Å². The van der Waals surface area contributed by atoms with Gasteiger partial charge in [0.15, 0.2) is 0 Å². The van der Waals surface area contributed by atoms with E-state index in [4.69, 9.17) is 11.6 Å². The fraction of sp³-hybridized carbons (Fsp3) is 0.429. The van der Waals surface area contributed by atoms with Crippen LogP contribution < -0.4 is 10.2 Å². The topological polar surface area (TPSA) is 49.4 Å². The van der Waals surface area contributed by atoms with Crippen molar-refractivity contribution in [3.05, 3.63) is 27.7 Å². The Balaban J connectivity index is 2.02. The van der Waals surface area contributed by atoms with Gasteiger partial charge in [0, 0.05) is 9.50 Å². The molecule has 1 N–H and O–H groups in total. The minimum absolute atomic E-state index is 0.0300. The number of benzene rings is 1. The van der Waals surface area contributed by atoms with Gasteiger partial charge in [-0.3, -0.25) is 14.5 Å². The second-order valence-electron chi connectivity index (χ2n) is 5.32. The van der Waals surface area contributed by atoms with Gasteiger partial charge in [-0.25, -0.2) is 0 Å². The highest BCUT2D eigenvalue weighted by atomic mass is 79.9. The smallest absolute Gasteiger partial charge is 0.253 e. The molecule has 1 heterocycles. The Morgan fingerprint density at radius 2 is 1.95 bits per heavy atom. The summed E-state index contributed by atoms with van der Waals surface area (Å²) in [6.45, 7) is 0.0412. The number of hydrogen-bond donors (Lipinski definition) is 1. The molecule has 2 fully saturated rings. The summed E-state index contributed by atoms with van der Waals surface area (Å²) in [7, 11) is 0. The molecule has 0 aromatic heterocycles. The van der Waals surface area contributed by atoms with Crippen molar-refractivity contribution in [3.63, 3.8) is 0 Å². The molecule has 1 saturated carbocycles. The molecule has 2 amide bonds. The Morgan fingerprint density at radius 3 is 2.65 bits per heavy atom. The first-order valence-electron chi connectivity index (χ1n) is 6.60. The van der Waals surface area contributed by atoms with E-state index in [-0.39, 0.29) is 18.4 Å². The molecule has 0 unspecified atom stereocenters. The Labute approximate surface area is 130 Å². The largest absolute Gasteiger partial charge is 0.340 e. The van der Waals surface area contributed by atoms with Gasteiger partial charge in [0.25, 0.3) is 5.91 Å². The van der Waals surface area contributed by atoms with Crippen molar-refractivity contribution in [2.45, 2.75) is 31.2 Å². The van der Waals surface area contributed by atoms with E-state index in [0.717, 1.165) is 17.3 Å². The number of carbonyl (C=O) groups is 2. The van der Waals surface area contributed by atoms with Gasteiger partial charge in [0.1, 0.15) is 12.1 Å². The Hall–Kier alpha value is -1.07. The summed E-state index contributed by atoms with van der Waals surface area (Å²) in [6.07, 6.45) is 3.37. The molecule has 4 nitrogen and oxygen atoms in total. The highest BCUT2D eigenvalue weighted by molar-refractivity contribution is 9.10. The molecule has 3 rings (SSSR count). The lowest BCUT2D eigenvalue weighted by Gasteiger charge is -2.40. The van der Waals surface area contributed by atoms with Crippen molar-refractivity contribution in [2.24, 2.45) is 0 Å². The molecule has 1 aliphatic carbocycles. The maximum Gasteiger partial charge on any atom is 0.253 e. The van der Waals surface area contributed by atoms with E-state index >= 15 is 0 Å². The van der Waals surface area contributed by atoms with Crippen LogP contribution in [0, 0.1) is 0 Å². The molecule has 0 bridgehead atoms. The van der Waals surface area contributed by atoms with E-state index in [1.807, 2.05) is 0 Å². The molecule has 1 aromatic carbocycles. The average molecular weight is 358 g/mol. The number of nitrogens with one attached hydrogen (secondary N) is 1. The molecular weight excluding hydrogens is 344 g/mol. The summed E-state index contributed by atoms with van der Waals surface area (Å²) in [5.41, 5.74) is -0.0551. The number of halogens is 2. The van der Waals surface area contributed by atoms with E-state index in [0.29, 0.717) is 23.6 Å². The number of piperazine rings is 1. The van der Waals surface area contributed by atoms with Gasteiger partial charge in [-0.2, -0.15) is 0 Å². The molecule has 6 heteroatoms. The maximum absolute atomic E-state index is 12.8. The molecule has 1 aliphatic heterocycles. The minimum atomic E-state index is -0.711. The highest BCUT2D eigenvalue weighted by Gasteiger charge is 2.48. The van der Waals surface area contributed by atoms with E-state index in [2.05, 4.69) is 21.2 Å². The summed E-state index contributed by atoms with van der Waals surface area (Å²) in [5, 5.41) is 3.44. The molecule has 0 radical (unpaired) electrons. The summed E-state index contributed by atoms with van der Waals surface area (Å²) in [6, 6.07) is 5.25. The lowest BCUT2D eigenvalue weighted by molar-refractivity contribution is -0.135. The molecule has 1 saturated heterocycles. The van der Waals surface area contributed by atoms with Crippen LogP contribution in [0.5, 0.6) is 0 Å². The van der Waals surface area contributed by atoms with E-state index in [1.165, 1.54) is 0 Å². The molecule has 1 spiro atoms. The first kappa shape index (κ1) is 13.9. The van der Waals surface area contributed by atoms with Crippen LogP contribution in [0.3, 0.4) is 0 Å². The highest BCUT2D eigenvalue weighted by Crippen LogP contribution is 2.37. The second-order valence-corrected chi connectivity index (χ2v) is 6.62. The van der Waals surface area contributed by atoms with Gasteiger partial charge < -0.3 is 5.32 Å². The standard InChI is InChI=1S/C14H14BrClN2O2/c15-10-4-3-9(16)7-11(10)18-8-12(19)17-14(13(18)20)5-1-2-6-14/h3-4,7H,1-2,5-6,8H2,(H,17,19). The molecular formula is C14H14BrClN2O2. The van der Waals surface area contributed by atoms with Crippen LogP contribution >= 0.6 is 27.5 Å². The third-order valence-electron chi connectivity index (χ3n) is 3.99. The average Bonchev–Trinajstić information content (AvgIpc) is 2.86. The molecule has 0 atom stereocenters. The summed E-state index contributed by atoms with van der Waals surface area (Å²) in [5.74, 6) is -0.143. The van der Waals surface area contributed by atoms with Crippen molar-refractivity contribution in [1.29, 1.82) is 0 Å². The van der Waals surface area contributed by atoms with E-state index in [1.54, 1.807) is 23.1 Å². The predicted octanol–water partition coefficient (Wildman–Crippen LogP) is 2.88. The van der Waals surface area contributed by atoms with Gasteiger partial charge >= 0.3 is 0 Å². The molecule has 2 aliphatic rings. The fourth-order valence-electron chi connectivity index (χ4n) is 3.04. The monoisotopic (exact) mass is 356 g/mol. The third-order valence-corrected chi connectivity index (χ3v) is 4.90. The van der Waals surface area contributed by atoms with Crippen molar-refractivity contribution >= 4 is 45.0 Å². The quantitative estimate of drug-likeness (QED) is 0.840. The Bertz CT molecular complexity index is 585. The van der Waals surface area contributed by atoms with Crippen LogP contribution in [0.15, 0.2) is 22.7 Å². The van der Waals surface area contributed by atoms with Crippen LogP contribution in [-0.2, 0) is 9.59 Å². The number of anilines is 1. The van der Waals surface area contributed by atoms with Crippen LogP contribution in [0.4, 0.5) is 5.69 Å².